The van der Waals surface area contributed by atoms with Crippen LogP contribution < -0.4 is 5.32 Å². The minimum absolute atomic E-state index is 0.137. The normalized spacial score (nSPS) is 12.3. The molecule has 0 aliphatic rings. The molecule has 0 saturated heterocycles. The number of anilines is 1. The van der Waals surface area contributed by atoms with Crippen molar-refractivity contribution in [3.8, 4) is 0 Å². The van der Waals surface area contributed by atoms with Crippen molar-refractivity contribution in [2.45, 2.75) is 6.04 Å². The molecule has 2 aromatic heterocycles. The number of hydrogen-bond acceptors (Lipinski definition) is 3. The largest absolute Gasteiger partial charge is 0.370 e. The van der Waals surface area contributed by atoms with E-state index in [9.17, 15) is 8.78 Å². The summed E-state index contributed by atoms with van der Waals surface area (Å²) < 4.78 is 27.8. The molecule has 2 heterocycles. The van der Waals surface area contributed by atoms with E-state index in [1.165, 1.54) is 11.3 Å². The molecule has 0 fully saturated rings. The van der Waals surface area contributed by atoms with Crippen molar-refractivity contribution in [2.24, 2.45) is 0 Å². The molecule has 108 valence electrons. The van der Waals surface area contributed by atoms with Crippen LogP contribution in [0.15, 0.2) is 47.8 Å². The minimum Gasteiger partial charge on any atom is -0.370 e. The zero-order chi connectivity index (χ0) is 14.8. The van der Waals surface area contributed by atoms with Crippen molar-refractivity contribution in [1.29, 1.82) is 0 Å². The van der Waals surface area contributed by atoms with Crippen molar-refractivity contribution < 1.29 is 8.78 Å². The zero-order valence-corrected chi connectivity index (χ0v) is 13.0. The summed E-state index contributed by atoms with van der Waals surface area (Å²) in [5.41, 5.74) is 0.137. The summed E-state index contributed by atoms with van der Waals surface area (Å²) in [5.74, 6) is -0.964. The minimum atomic E-state index is -0.486. The highest BCUT2D eigenvalue weighted by atomic mass is 35.5. The molecule has 1 atom stereocenters. The molecule has 3 aromatic rings. The molecule has 3 rings (SSSR count). The Kier molecular flexibility index (Phi) is 4.24. The highest BCUT2D eigenvalue weighted by Crippen LogP contribution is 2.36. The van der Waals surface area contributed by atoms with Crippen LogP contribution in [0.1, 0.15) is 15.8 Å². The first-order valence-electron chi connectivity index (χ1n) is 6.14. The highest BCUT2D eigenvalue weighted by molar-refractivity contribution is 7.16. The fourth-order valence-corrected chi connectivity index (χ4v) is 3.98. The van der Waals surface area contributed by atoms with Gasteiger partial charge in [-0.1, -0.05) is 17.7 Å². The Balaban J connectivity index is 1.98. The van der Waals surface area contributed by atoms with Crippen LogP contribution in [0.4, 0.5) is 14.5 Å². The number of hydrogen-bond donors (Lipinski definition) is 1. The molecule has 0 bridgehead atoms. The second kappa shape index (κ2) is 6.13. The first-order valence-corrected chi connectivity index (χ1v) is 8.21. The van der Waals surface area contributed by atoms with Crippen LogP contribution in [0, 0.1) is 11.6 Å². The molecular formula is C15H10ClF2NS2. The lowest BCUT2D eigenvalue weighted by atomic mass is 10.2. The predicted octanol–water partition coefficient (Wildman–Crippen LogP) is 5.94. The lowest BCUT2D eigenvalue weighted by molar-refractivity contribution is 0.601. The maximum atomic E-state index is 13.8. The van der Waals surface area contributed by atoms with Gasteiger partial charge in [0.15, 0.2) is 0 Å². The monoisotopic (exact) mass is 341 g/mol. The Hall–Kier alpha value is -1.43. The van der Waals surface area contributed by atoms with Crippen LogP contribution in [-0.4, -0.2) is 0 Å². The molecule has 0 aliphatic heterocycles. The van der Waals surface area contributed by atoms with Gasteiger partial charge in [0.1, 0.15) is 11.6 Å². The van der Waals surface area contributed by atoms with Gasteiger partial charge in [0.2, 0.25) is 0 Å². The van der Waals surface area contributed by atoms with Gasteiger partial charge in [0.05, 0.1) is 16.1 Å². The van der Waals surface area contributed by atoms with Gasteiger partial charge in [-0.05, 0) is 41.8 Å². The molecule has 0 saturated carbocycles. The lowest BCUT2D eigenvalue weighted by Gasteiger charge is -2.18. The van der Waals surface area contributed by atoms with Gasteiger partial charge in [-0.3, -0.25) is 0 Å². The molecule has 6 heteroatoms. The summed E-state index contributed by atoms with van der Waals surface area (Å²) in [7, 11) is 0. The third kappa shape index (κ3) is 3.26. The number of rotatable bonds is 4. The Morgan fingerprint density at radius 1 is 1.05 bits per heavy atom. The summed E-state index contributed by atoms with van der Waals surface area (Å²) in [4.78, 5) is 1.96. The van der Waals surface area contributed by atoms with E-state index in [0.29, 0.717) is 4.34 Å². The van der Waals surface area contributed by atoms with Crippen molar-refractivity contribution in [2.75, 3.05) is 5.32 Å². The van der Waals surface area contributed by atoms with Gasteiger partial charge in [-0.15, -0.1) is 22.7 Å². The maximum absolute atomic E-state index is 13.8. The van der Waals surface area contributed by atoms with Gasteiger partial charge in [0.25, 0.3) is 0 Å². The number of benzene rings is 1. The number of nitrogens with one attached hydrogen (secondary N) is 1. The molecule has 0 aliphatic carbocycles. The Labute approximate surface area is 133 Å². The lowest BCUT2D eigenvalue weighted by Crippen LogP contribution is -2.11. The third-order valence-corrected chi connectivity index (χ3v) is 5.17. The van der Waals surface area contributed by atoms with Gasteiger partial charge in [-0.25, -0.2) is 8.78 Å². The van der Waals surface area contributed by atoms with Crippen molar-refractivity contribution >= 4 is 40.0 Å². The first-order chi connectivity index (χ1) is 10.1. The number of halogens is 3. The standard InChI is InChI=1S/C15H10ClF2NS2/c16-14-6-5-13(21-14)15(12-2-1-7-20-12)19-11-8-9(17)3-4-10(11)18/h1-8,15,19H. The molecule has 1 nitrogen and oxygen atoms in total. The van der Waals surface area contributed by atoms with Gasteiger partial charge in [-0.2, -0.15) is 0 Å². The van der Waals surface area contributed by atoms with Crippen LogP contribution in [0.5, 0.6) is 0 Å². The van der Waals surface area contributed by atoms with Crippen LogP contribution in [0.25, 0.3) is 0 Å². The van der Waals surface area contributed by atoms with Crippen molar-refractivity contribution in [3.05, 3.63) is 73.6 Å². The smallest absolute Gasteiger partial charge is 0.146 e. The van der Waals surface area contributed by atoms with Crippen LogP contribution in [0.2, 0.25) is 4.34 Å². The summed E-state index contributed by atoms with van der Waals surface area (Å²) in [6.45, 7) is 0. The Morgan fingerprint density at radius 3 is 2.57 bits per heavy atom. The van der Waals surface area contributed by atoms with Crippen LogP contribution in [-0.2, 0) is 0 Å². The molecule has 0 amide bonds. The maximum Gasteiger partial charge on any atom is 0.146 e. The molecule has 0 radical (unpaired) electrons. The summed E-state index contributed by atoms with van der Waals surface area (Å²) in [6.07, 6.45) is 0. The highest BCUT2D eigenvalue weighted by Gasteiger charge is 2.19. The first kappa shape index (κ1) is 14.5. The quantitative estimate of drug-likeness (QED) is 0.619. The third-order valence-electron chi connectivity index (χ3n) is 2.93. The van der Waals surface area contributed by atoms with Gasteiger partial charge >= 0.3 is 0 Å². The van der Waals surface area contributed by atoms with E-state index < -0.39 is 11.6 Å². The second-order valence-electron chi connectivity index (χ2n) is 4.36. The summed E-state index contributed by atoms with van der Waals surface area (Å²) >= 11 is 8.95. The predicted molar refractivity (Wildman–Crippen MR) is 85.5 cm³/mol. The van der Waals surface area contributed by atoms with Gasteiger partial charge in [0, 0.05) is 9.75 Å². The van der Waals surface area contributed by atoms with Gasteiger partial charge < -0.3 is 5.32 Å². The second-order valence-corrected chi connectivity index (χ2v) is 7.08. The van der Waals surface area contributed by atoms with Crippen molar-refractivity contribution in [1.82, 2.24) is 0 Å². The number of thiophene rings is 2. The Morgan fingerprint density at radius 2 is 1.90 bits per heavy atom. The average molecular weight is 342 g/mol. The molecule has 0 spiro atoms. The van der Waals surface area contributed by atoms with E-state index in [1.54, 1.807) is 17.4 Å². The summed E-state index contributed by atoms with van der Waals surface area (Å²) in [6, 6.07) is 10.7. The van der Waals surface area contributed by atoms with E-state index >= 15 is 0 Å². The SMILES string of the molecule is Fc1ccc(F)c(NC(c2cccs2)c2ccc(Cl)s2)c1. The summed E-state index contributed by atoms with van der Waals surface area (Å²) in [5, 5.41) is 5.01. The molecule has 21 heavy (non-hydrogen) atoms. The molecular weight excluding hydrogens is 332 g/mol. The fraction of sp³-hybridized carbons (Fsp3) is 0.0667. The van der Waals surface area contributed by atoms with E-state index in [-0.39, 0.29) is 11.7 Å². The van der Waals surface area contributed by atoms with E-state index in [0.717, 1.165) is 28.0 Å². The molecule has 1 N–H and O–H groups in total. The Bertz CT molecular complexity index is 740. The van der Waals surface area contributed by atoms with E-state index in [1.807, 2.05) is 23.6 Å². The molecule has 1 unspecified atom stereocenters. The zero-order valence-electron chi connectivity index (χ0n) is 10.6. The van der Waals surface area contributed by atoms with E-state index in [4.69, 9.17) is 11.6 Å². The van der Waals surface area contributed by atoms with Crippen molar-refractivity contribution in [3.63, 3.8) is 0 Å². The molecule has 1 aromatic carbocycles. The van der Waals surface area contributed by atoms with Crippen LogP contribution in [0.3, 0.4) is 0 Å². The topological polar surface area (TPSA) is 12.0 Å². The van der Waals surface area contributed by atoms with Crippen LogP contribution >= 0.6 is 34.3 Å². The fourth-order valence-electron chi connectivity index (χ4n) is 1.99. The average Bonchev–Trinajstić information content (AvgIpc) is 3.11. The van der Waals surface area contributed by atoms with E-state index in [2.05, 4.69) is 5.32 Å².